The zero-order chi connectivity index (χ0) is 10.3. The van der Waals surface area contributed by atoms with Crippen molar-refractivity contribution >= 4 is 12.1 Å². The number of aliphatic imine (C=N–C) groups is 1. The number of benzene rings is 1. The molecule has 2 heterocycles. The molecule has 0 unspecified atom stereocenters. The molecule has 0 amide bonds. The molecule has 15 heavy (non-hydrogen) atoms. The van der Waals surface area contributed by atoms with E-state index in [1.807, 2.05) is 6.07 Å². The van der Waals surface area contributed by atoms with Gasteiger partial charge in [-0.25, -0.2) is 0 Å². The summed E-state index contributed by atoms with van der Waals surface area (Å²) < 4.78 is 5.56. The fraction of sp³-hybridized carbons (Fsp3) is 0.0909. The molecule has 1 N–H and O–H groups in total. The van der Waals surface area contributed by atoms with Crippen LogP contribution in [0, 0.1) is 0 Å². The Morgan fingerprint density at radius 2 is 2.27 bits per heavy atom. The summed E-state index contributed by atoms with van der Waals surface area (Å²) in [6, 6.07) is 6.72. The van der Waals surface area contributed by atoms with Crippen molar-refractivity contribution in [1.82, 2.24) is 0 Å². The lowest BCUT2D eigenvalue weighted by Gasteiger charge is -2.14. The van der Waals surface area contributed by atoms with Crippen molar-refractivity contribution in [3.8, 4) is 11.3 Å². The van der Waals surface area contributed by atoms with E-state index in [1.165, 1.54) is 12.1 Å². The van der Waals surface area contributed by atoms with Crippen LogP contribution < -0.4 is 10.7 Å². The number of nitrogens with zero attached hydrogens (tertiary/aromatic N) is 1. The highest BCUT2D eigenvalue weighted by atomic mass is 16.4. The van der Waals surface area contributed by atoms with Gasteiger partial charge in [-0.3, -0.25) is 9.79 Å². The van der Waals surface area contributed by atoms with E-state index < -0.39 is 0 Å². The number of hydrogen-bond acceptors (Lipinski definition) is 4. The first kappa shape index (κ1) is 8.23. The van der Waals surface area contributed by atoms with Crippen LogP contribution in [0.25, 0.3) is 11.3 Å². The summed E-state index contributed by atoms with van der Waals surface area (Å²) in [5.74, 6) is 1.27. The fourth-order valence-corrected chi connectivity index (χ4v) is 1.62. The van der Waals surface area contributed by atoms with Crippen LogP contribution in [0.3, 0.4) is 0 Å². The van der Waals surface area contributed by atoms with Gasteiger partial charge in [-0.05, 0) is 18.2 Å². The van der Waals surface area contributed by atoms with Crippen LogP contribution in [0.4, 0.5) is 5.88 Å². The van der Waals surface area contributed by atoms with E-state index in [0.29, 0.717) is 18.3 Å². The summed E-state index contributed by atoms with van der Waals surface area (Å²) in [4.78, 5) is 15.2. The third-order valence-electron chi connectivity index (χ3n) is 2.33. The second kappa shape index (κ2) is 2.95. The summed E-state index contributed by atoms with van der Waals surface area (Å²) in [7, 11) is 0. The van der Waals surface area contributed by atoms with Crippen molar-refractivity contribution in [1.29, 1.82) is 0 Å². The molecule has 0 bridgehead atoms. The molecule has 4 nitrogen and oxygen atoms in total. The third-order valence-corrected chi connectivity index (χ3v) is 2.33. The predicted octanol–water partition coefficient (Wildman–Crippen LogP) is 1.55. The molecule has 0 aromatic heterocycles. The van der Waals surface area contributed by atoms with E-state index in [0.717, 1.165) is 11.1 Å². The molecule has 0 fully saturated rings. The van der Waals surface area contributed by atoms with Crippen LogP contribution in [0.5, 0.6) is 0 Å². The van der Waals surface area contributed by atoms with Crippen molar-refractivity contribution < 1.29 is 4.42 Å². The topological polar surface area (TPSA) is 54.6 Å². The van der Waals surface area contributed by atoms with E-state index in [2.05, 4.69) is 10.3 Å². The Labute approximate surface area is 85.6 Å². The van der Waals surface area contributed by atoms with Crippen molar-refractivity contribution in [2.75, 3.05) is 12.0 Å². The number of hydrogen-bond donors (Lipinski definition) is 1. The summed E-state index contributed by atoms with van der Waals surface area (Å²) in [6.07, 6.45) is 1.76. The summed E-state index contributed by atoms with van der Waals surface area (Å²) in [6.45, 7) is 0.513. The van der Waals surface area contributed by atoms with Gasteiger partial charge in [-0.2, -0.15) is 0 Å². The van der Waals surface area contributed by atoms with Gasteiger partial charge < -0.3 is 9.73 Å². The van der Waals surface area contributed by atoms with Gasteiger partial charge in [0.1, 0.15) is 12.4 Å². The van der Waals surface area contributed by atoms with E-state index in [-0.39, 0.29) is 5.43 Å². The molecule has 0 saturated carbocycles. The van der Waals surface area contributed by atoms with Gasteiger partial charge >= 0.3 is 0 Å². The number of nitrogens with one attached hydrogen (secondary N) is 1. The van der Waals surface area contributed by atoms with Gasteiger partial charge in [-0.1, -0.05) is 0 Å². The molecular formula is C11H8N2O2. The number of rotatable bonds is 0. The lowest BCUT2D eigenvalue weighted by atomic mass is 10.1. The smallest absolute Gasteiger partial charge is 0.203 e. The lowest BCUT2D eigenvalue weighted by molar-refractivity contribution is 0.575. The van der Waals surface area contributed by atoms with Crippen LogP contribution in [-0.4, -0.2) is 12.9 Å². The summed E-state index contributed by atoms with van der Waals surface area (Å²) >= 11 is 0. The SMILES string of the molecule is O=c1ccc2cc3c(oc-2c1)NCN=C3. The highest BCUT2D eigenvalue weighted by molar-refractivity contribution is 5.89. The Morgan fingerprint density at radius 3 is 3.20 bits per heavy atom. The van der Waals surface area contributed by atoms with Crippen LogP contribution >= 0.6 is 0 Å². The first-order valence-corrected chi connectivity index (χ1v) is 4.64. The molecule has 3 rings (SSSR count). The molecule has 0 aromatic carbocycles. The van der Waals surface area contributed by atoms with Gasteiger partial charge in [0, 0.05) is 17.8 Å². The Kier molecular flexibility index (Phi) is 1.62. The van der Waals surface area contributed by atoms with Gasteiger partial charge in [-0.15, -0.1) is 0 Å². The first-order chi connectivity index (χ1) is 7.33. The first-order valence-electron chi connectivity index (χ1n) is 4.64. The average molecular weight is 200 g/mol. The van der Waals surface area contributed by atoms with Gasteiger partial charge in [0.25, 0.3) is 0 Å². The monoisotopic (exact) mass is 200 g/mol. The molecule has 0 atom stereocenters. The maximum Gasteiger partial charge on any atom is 0.203 e. The highest BCUT2D eigenvalue weighted by Crippen LogP contribution is 2.28. The standard InChI is InChI=1S/C11H8N2O2/c14-9-2-1-7-3-8-5-12-6-13-11(8)15-10(7)4-9/h1-5,13H,6H2. The molecule has 0 saturated heterocycles. The number of anilines is 1. The van der Waals surface area contributed by atoms with Crippen LogP contribution in [0.2, 0.25) is 0 Å². The maximum absolute atomic E-state index is 11.1. The maximum atomic E-state index is 11.1. The Hall–Kier alpha value is -2.10. The van der Waals surface area contributed by atoms with Crippen LogP contribution in [0.1, 0.15) is 5.56 Å². The third kappa shape index (κ3) is 1.30. The summed E-state index contributed by atoms with van der Waals surface area (Å²) in [5.41, 5.74) is 1.77. The van der Waals surface area contributed by atoms with E-state index in [4.69, 9.17) is 4.42 Å². The van der Waals surface area contributed by atoms with Gasteiger partial charge in [0.15, 0.2) is 5.43 Å². The second-order valence-corrected chi connectivity index (χ2v) is 3.38. The van der Waals surface area contributed by atoms with Crippen molar-refractivity contribution in [3.05, 3.63) is 40.1 Å². The molecule has 3 aliphatic rings. The molecule has 0 radical (unpaired) electrons. The summed E-state index contributed by atoms with van der Waals surface area (Å²) in [5, 5.41) is 3.01. The zero-order valence-corrected chi connectivity index (χ0v) is 7.86. The Balaban J connectivity index is 2.33. The normalized spacial score (nSPS) is 13.6. The van der Waals surface area contributed by atoms with Gasteiger partial charge in [0.05, 0.1) is 5.56 Å². The van der Waals surface area contributed by atoms with E-state index in [9.17, 15) is 4.79 Å². The fourth-order valence-electron chi connectivity index (χ4n) is 1.62. The van der Waals surface area contributed by atoms with Crippen molar-refractivity contribution in [2.24, 2.45) is 4.99 Å². The average Bonchev–Trinajstić information content (AvgIpc) is 2.26. The van der Waals surface area contributed by atoms with Crippen molar-refractivity contribution in [2.45, 2.75) is 0 Å². The Morgan fingerprint density at radius 1 is 1.33 bits per heavy atom. The molecule has 0 spiro atoms. The molecule has 74 valence electrons. The predicted molar refractivity (Wildman–Crippen MR) is 57.7 cm³/mol. The molecule has 1 aliphatic carbocycles. The lowest BCUT2D eigenvalue weighted by Crippen LogP contribution is -2.09. The van der Waals surface area contributed by atoms with E-state index >= 15 is 0 Å². The molecule has 2 aliphatic heterocycles. The highest BCUT2D eigenvalue weighted by Gasteiger charge is 2.12. The largest absolute Gasteiger partial charge is 0.440 e. The van der Waals surface area contributed by atoms with Crippen LogP contribution in [-0.2, 0) is 0 Å². The minimum atomic E-state index is -0.0457. The Bertz CT molecular complexity index is 571. The number of fused-ring (bicyclic) bond motifs is 2. The minimum Gasteiger partial charge on any atom is -0.440 e. The molecular weight excluding hydrogens is 192 g/mol. The van der Waals surface area contributed by atoms with Gasteiger partial charge in [0.2, 0.25) is 5.88 Å². The quantitative estimate of drug-likeness (QED) is 0.701. The van der Waals surface area contributed by atoms with E-state index in [1.54, 1.807) is 12.3 Å². The van der Waals surface area contributed by atoms with Crippen LogP contribution in [0.15, 0.2) is 38.5 Å². The minimum absolute atomic E-state index is 0.0457. The molecule has 0 aromatic rings. The molecule has 4 heteroatoms. The zero-order valence-electron chi connectivity index (χ0n) is 7.86. The van der Waals surface area contributed by atoms with Crippen molar-refractivity contribution in [3.63, 3.8) is 0 Å². The second-order valence-electron chi connectivity index (χ2n) is 3.38.